The third-order valence-corrected chi connectivity index (χ3v) is 5.42. The quantitative estimate of drug-likeness (QED) is 0.364. The lowest BCUT2D eigenvalue weighted by molar-refractivity contribution is -0.137. The fraction of sp³-hybridized carbons (Fsp3) is 0.269. The van der Waals surface area contributed by atoms with Gasteiger partial charge in [-0.05, 0) is 61.2 Å². The van der Waals surface area contributed by atoms with Gasteiger partial charge in [0.2, 0.25) is 0 Å². The number of aryl methyl sites for hydroxylation is 2. The van der Waals surface area contributed by atoms with Gasteiger partial charge < -0.3 is 15.2 Å². The molecule has 3 rings (SSSR count). The summed E-state index contributed by atoms with van der Waals surface area (Å²) in [5.74, 6) is -1.04. The molecule has 190 valence electrons. The molecular formula is C26H26F3N3O4. The van der Waals surface area contributed by atoms with E-state index in [1.165, 1.54) is 4.68 Å². The second-order valence-electron chi connectivity index (χ2n) is 8.24. The van der Waals surface area contributed by atoms with Crippen LogP contribution in [-0.2, 0) is 11.0 Å². The summed E-state index contributed by atoms with van der Waals surface area (Å²) >= 11 is 0. The van der Waals surface area contributed by atoms with E-state index in [2.05, 4.69) is 10.4 Å². The van der Waals surface area contributed by atoms with Crippen LogP contribution in [0, 0.1) is 13.8 Å². The molecule has 0 aliphatic carbocycles. The van der Waals surface area contributed by atoms with Crippen LogP contribution < -0.4 is 10.1 Å². The number of alkyl halides is 3. The van der Waals surface area contributed by atoms with Crippen LogP contribution in [0.1, 0.15) is 58.5 Å². The topological polar surface area (TPSA) is 93.5 Å². The van der Waals surface area contributed by atoms with Crippen molar-refractivity contribution in [2.75, 3.05) is 0 Å². The molecule has 2 aromatic carbocycles. The summed E-state index contributed by atoms with van der Waals surface area (Å²) < 4.78 is 46.5. The van der Waals surface area contributed by atoms with Gasteiger partial charge in [0.1, 0.15) is 11.9 Å². The Morgan fingerprint density at radius 1 is 1.17 bits per heavy atom. The van der Waals surface area contributed by atoms with Crippen molar-refractivity contribution >= 4 is 11.9 Å². The first-order valence-corrected chi connectivity index (χ1v) is 11.2. The average Bonchev–Trinajstić information content (AvgIpc) is 3.28. The van der Waals surface area contributed by atoms with Gasteiger partial charge in [-0.15, -0.1) is 0 Å². The lowest BCUT2D eigenvalue weighted by atomic mass is 10.0. The molecule has 7 nitrogen and oxygen atoms in total. The van der Waals surface area contributed by atoms with Crippen LogP contribution in [0.4, 0.5) is 13.2 Å². The van der Waals surface area contributed by atoms with Gasteiger partial charge in [0.05, 0.1) is 17.4 Å². The van der Waals surface area contributed by atoms with E-state index in [4.69, 9.17) is 9.84 Å². The number of benzene rings is 2. The maximum absolute atomic E-state index is 13.0. The summed E-state index contributed by atoms with van der Waals surface area (Å²) in [5.41, 5.74) is 2.35. The van der Waals surface area contributed by atoms with Crippen LogP contribution in [0.2, 0.25) is 0 Å². The van der Waals surface area contributed by atoms with E-state index in [9.17, 15) is 22.8 Å². The number of carbonyl (C=O) groups excluding carboxylic acids is 1. The molecule has 0 saturated carbocycles. The summed E-state index contributed by atoms with van der Waals surface area (Å²) in [6.07, 6.45) is 0.388. The largest absolute Gasteiger partial charge is 0.486 e. The van der Waals surface area contributed by atoms with E-state index < -0.39 is 23.6 Å². The number of ether oxygens (including phenoxy) is 1. The van der Waals surface area contributed by atoms with Crippen molar-refractivity contribution in [1.29, 1.82) is 0 Å². The molecule has 2 N–H and O–H groups in total. The number of rotatable bonds is 9. The minimum absolute atomic E-state index is 0.315. The fourth-order valence-electron chi connectivity index (χ4n) is 3.78. The van der Waals surface area contributed by atoms with Crippen molar-refractivity contribution in [2.24, 2.45) is 0 Å². The predicted octanol–water partition coefficient (Wildman–Crippen LogP) is 5.76. The van der Waals surface area contributed by atoms with Crippen LogP contribution in [0.5, 0.6) is 5.75 Å². The molecule has 0 aliphatic rings. The molecule has 0 spiro atoms. The van der Waals surface area contributed by atoms with E-state index in [0.717, 1.165) is 36.7 Å². The third-order valence-electron chi connectivity index (χ3n) is 5.42. The summed E-state index contributed by atoms with van der Waals surface area (Å²) in [5, 5.41) is 14.9. The van der Waals surface area contributed by atoms with Crippen LogP contribution in [0.15, 0.2) is 61.1 Å². The molecule has 1 amide bonds. The number of aromatic nitrogens is 2. The number of hydrogen-bond donors (Lipinski definition) is 2. The number of nitrogens with zero attached hydrogens (tertiary/aromatic N) is 2. The molecule has 1 atom stereocenters. The van der Waals surface area contributed by atoms with Crippen LogP contribution in [0.25, 0.3) is 5.69 Å². The van der Waals surface area contributed by atoms with Gasteiger partial charge in [0.25, 0.3) is 5.91 Å². The maximum atomic E-state index is 13.0. The average molecular weight is 502 g/mol. The number of aliphatic carboxylic acids is 1. The number of carboxylic acid groups (broad SMARTS) is 1. The highest BCUT2D eigenvalue weighted by Crippen LogP contribution is 2.33. The maximum Gasteiger partial charge on any atom is 0.419 e. The number of nitrogens with one attached hydrogen (secondary N) is 1. The monoisotopic (exact) mass is 501 g/mol. The van der Waals surface area contributed by atoms with Crippen molar-refractivity contribution in [2.45, 2.75) is 45.9 Å². The van der Waals surface area contributed by atoms with Crippen molar-refractivity contribution in [3.05, 3.63) is 88.9 Å². The van der Waals surface area contributed by atoms with Gasteiger partial charge in [0.15, 0.2) is 0 Å². The smallest absolute Gasteiger partial charge is 0.419 e. The Hall–Kier alpha value is -4.08. The molecule has 0 bridgehead atoms. The molecule has 0 saturated heterocycles. The molecular weight excluding hydrogens is 475 g/mol. The predicted molar refractivity (Wildman–Crippen MR) is 127 cm³/mol. The fourth-order valence-corrected chi connectivity index (χ4v) is 3.78. The molecule has 36 heavy (non-hydrogen) atoms. The highest BCUT2D eigenvalue weighted by atomic mass is 19.4. The first-order valence-electron chi connectivity index (χ1n) is 11.2. The molecule has 3 aromatic rings. The lowest BCUT2D eigenvalue weighted by Crippen LogP contribution is -2.17. The van der Waals surface area contributed by atoms with Gasteiger partial charge in [-0.3, -0.25) is 4.79 Å². The number of carboxylic acids is 1. The minimum Gasteiger partial charge on any atom is -0.486 e. The van der Waals surface area contributed by atoms with Crippen LogP contribution in [-0.4, -0.2) is 26.8 Å². The zero-order valence-electron chi connectivity index (χ0n) is 20.0. The van der Waals surface area contributed by atoms with Crippen molar-refractivity contribution in [1.82, 2.24) is 15.1 Å². The molecule has 0 fully saturated rings. The van der Waals surface area contributed by atoms with Crippen LogP contribution >= 0.6 is 0 Å². The second kappa shape index (κ2) is 11.1. The zero-order chi connectivity index (χ0) is 26.5. The summed E-state index contributed by atoms with van der Waals surface area (Å²) in [4.78, 5) is 22.7. The third kappa shape index (κ3) is 6.53. The Morgan fingerprint density at radius 2 is 1.81 bits per heavy atom. The van der Waals surface area contributed by atoms with Crippen molar-refractivity contribution in [3.63, 3.8) is 0 Å². The zero-order valence-corrected chi connectivity index (χ0v) is 20.0. The van der Waals surface area contributed by atoms with E-state index in [1.807, 2.05) is 6.92 Å². The molecule has 1 unspecified atom stereocenters. The Morgan fingerprint density at radius 3 is 2.33 bits per heavy atom. The number of halogens is 3. The van der Waals surface area contributed by atoms with Crippen molar-refractivity contribution < 1.29 is 32.6 Å². The highest BCUT2D eigenvalue weighted by molar-refractivity contribution is 5.95. The number of carbonyl (C=O) groups is 2. The van der Waals surface area contributed by atoms with Gasteiger partial charge in [-0.25, -0.2) is 9.48 Å². The Labute approximate surface area is 206 Å². The van der Waals surface area contributed by atoms with E-state index in [1.54, 1.807) is 50.2 Å². The lowest BCUT2D eigenvalue weighted by Gasteiger charge is -2.21. The number of amides is 1. The first-order chi connectivity index (χ1) is 17.0. The van der Waals surface area contributed by atoms with E-state index in [0.29, 0.717) is 34.5 Å². The second-order valence-corrected chi connectivity index (χ2v) is 8.24. The van der Waals surface area contributed by atoms with Gasteiger partial charge >= 0.3 is 12.1 Å². The molecule has 10 heteroatoms. The SMILES string of the molecule is CCCC(Oc1cc(C)c(-n2cc(C(F)(F)F)cn2)c(C)c1)c1ccc(C(=O)NC=CC(=O)O)cc1. The Kier molecular flexibility index (Phi) is 8.18. The van der Waals surface area contributed by atoms with Crippen molar-refractivity contribution in [3.8, 4) is 11.4 Å². The van der Waals surface area contributed by atoms with Gasteiger partial charge in [0, 0.05) is 24.0 Å². The Balaban J connectivity index is 1.80. The van der Waals surface area contributed by atoms with Crippen LogP contribution in [0.3, 0.4) is 0 Å². The highest BCUT2D eigenvalue weighted by Gasteiger charge is 2.32. The summed E-state index contributed by atoms with van der Waals surface area (Å²) in [7, 11) is 0. The van der Waals surface area contributed by atoms with E-state index >= 15 is 0 Å². The minimum atomic E-state index is -4.47. The number of hydrogen-bond acceptors (Lipinski definition) is 4. The summed E-state index contributed by atoms with van der Waals surface area (Å²) in [6.45, 7) is 5.58. The molecule has 1 heterocycles. The van der Waals surface area contributed by atoms with Gasteiger partial charge in [-0.1, -0.05) is 25.5 Å². The molecule has 0 aliphatic heterocycles. The van der Waals surface area contributed by atoms with Gasteiger partial charge in [-0.2, -0.15) is 18.3 Å². The summed E-state index contributed by atoms with van der Waals surface area (Å²) in [6, 6.07) is 10.3. The first kappa shape index (κ1) is 26.5. The Bertz CT molecular complexity index is 1240. The van der Waals surface area contributed by atoms with E-state index in [-0.39, 0.29) is 6.10 Å². The molecule has 1 aromatic heterocycles. The normalized spacial score (nSPS) is 12.5. The standard InChI is InChI=1S/C26H26F3N3O4/c1-4-5-22(18-6-8-19(9-7-18)25(35)30-11-10-23(33)34)36-21-12-16(2)24(17(3)13-21)32-15-20(14-31-32)26(27,28)29/h6-15,22H,4-5H2,1-3H3,(H,30,35)(H,33,34). The molecule has 0 radical (unpaired) electrons.